The number of allylic oxidation sites excluding steroid dienone is 1. The van der Waals surface area contributed by atoms with Gasteiger partial charge in [-0.15, -0.1) is 0 Å². The van der Waals surface area contributed by atoms with E-state index in [1.54, 1.807) is 6.21 Å². The zero-order chi connectivity index (χ0) is 17.3. The summed E-state index contributed by atoms with van der Waals surface area (Å²) in [7, 11) is 0. The lowest BCUT2D eigenvalue weighted by Crippen LogP contribution is -1.99. The molecule has 1 heterocycles. The molecule has 1 N–H and O–H groups in total. The quantitative estimate of drug-likeness (QED) is 0.671. The highest BCUT2D eigenvalue weighted by molar-refractivity contribution is 6.08. The molecule has 0 radical (unpaired) electrons. The van der Waals surface area contributed by atoms with E-state index in [1.807, 2.05) is 97.1 Å². The molecule has 0 saturated carbocycles. The second kappa shape index (κ2) is 8.41. The van der Waals surface area contributed by atoms with Crippen LogP contribution in [0.25, 0.3) is 6.08 Å². The molecule has 3 aromatic rings. The monoisotopic (exact) mass is 326 g/mol. The smallest absolute Gasteiger partial charge is 0.193 e. The molecule has 0 bridgehead atoms. The Labute approximate surface area is 147 Å². The lowest BCUT2D eigenvalue weighted by atomic mass is 10.0. The molecule has 0 fully saturated rings. The maximum absolute atomic E-state index is 11.8. The first-order valence-corrected chi connectivity index (χ1v) is 8.04. The largest absolute Gasteiger partial charge is 0.289 e. The number of nitrogens with zero attached hydrogens (tertiary/aromatic N) is 1. The van der Waals surface area contributed by atoms with Crippen LogP contribution >= 0.6 is 0 Å². The molecule has 0 amide bonds. The van der Waals surface area contributed by atoms with Crippen LogP contribution in [0, 0.1) is 0 Å². The third-order valence-corrected chi connectivity index (χ3v) is 3.65. The van der Waals surface area contributed by atoms with Crippen LogP contribution in [-0.4, -0.2) is 12.0 Å². The van der Waals surface area contributed by atoms with Crippen LogP contribution in [0.4, 0.5) is 5.69 Å². The van der Waals surface area contributed by atoms with Crippen molar-refractivity contribution in [3.63, 3.8) is 0 Å². The Morgan fingerprint density at radius 1 is 0.720 bits per heavy atom. The van der Waals surface area contributed by atoms with Crippen molar-refractivity contribution in [2.45, 2.75) is 0 Å². The third-order valence-electron chi connectivity index (χ3n) is 3.65. The first kappa shape index (κ1) is 16.4. The highest BCUT2D eigenvalue weighted by atomic mass is 16.1. The van der Waals surface area contributed by atoms with Gasteiger partial charge in [0.25, 0.3) is 0 Å². The number of hydrogen-bond donors (Lipinski definition) is 1. The lowest BCUT2D eigenvalue weighted by molar-refractivity contribution is 0.103. The summed E-state index contributed by atoms with van der Waals surface area (Å²) in [5.41, 5.74) is 6.63. The fourth-order valence-corrected chi connectivity index (χ4v) is 2.39. The Bertz CT molecular complexity index is 843. The Morgan fingerprint density at radius 2 is 1.28 bits per heavy atom. The number of carbonyl (C=O) groups excluding carboxylic acids is 1. The van der Waals surface area contributed by atoms with E-state index in [-0.39, 0.29) is 5.78 Å². The molecule has 0 atom stereocenters. The number of rotatable bonds is 2. The van der Waals surface area contributed by atoms with E-state index in [4.69, 9.17) is 0 Å². The Hall–Kier alpha value is -3.46. The molecule has 25 heavy (non-hydrogen) atoms. The van der Waals surface area contributed by atoms with Gasteiger partial charge in [-0.05, 0) is 17.7 Å². The molecule has 0 aliphatic carbocycles. The highest BCUT2D eigenvalue weighted by Crippen LogP contribution is 2.17. The van der Waals surface area contributed by atoms with Gasteiger partial charge in [-0.25, -0.2) is 0 Å². The van der Waals surface area contributed by atoms with Gasteiger partial charge in [-0.2, -0.15) is 5.10 Å². The third kappa shape index (κ3) is 4.52. The van der Waals surface area contributed by atoms with Gasteiger partial charge in [-0.1, -0.05) is 84.9 Å². The van der Waals surface area contributed by atoms with Gasteiger partial charge in [0, 0.05) is 17.3 Å². The summed E-state index contributed by atoms with van der Waals surface area (Å²) in [6.07, 6.45) is 5.68. The van der Waals surface area contributed by atoms with Crippen LogP contribution in [0.5, 0.6) is 0 Å². The predicted molar refractivity (Wildman–Crippen MR) is 104 cm³/mol. The van der Waals surface area contributed by atoms with Gasteiger partial charge in [0.15, 0.2) is 5.78 Å². The molecule has 1 aliphatic heterocycles. The normalized spacial score (nSPS) is 11.4. The topological polar surface area (TPSA) is 41.5 Å². The van der Waals surface area contributed by atoms with Crippen molar-refractivity contribution in [3.05, 3.63) is 108 Å². The van der Waals surface area contributed by atoms with E-state index in [1.165, 1.54) is 5.56 Å². The van der Waals surface area contributed by atoms with Crippen molar-refractivity contribution in [2.75, 3.05) is 5.43 Å². The zero-order valence-corrected chi connectivity index (χ0v) is 13.7. The van der Waals surface area contributed by atoms with Crippen molar-refractivity contribution >= 4 is 23.8 Å². The predicted octanol–water partition coefficient (Wildman–Crippen LogP) is 5.03. The average molecular weight is 326 g/mol. The first-order valence-electron chi connectivity index (χ1n) is 8.04. The molecule has 122 valence electrons. The number of nitrogens with one attached hydrogen (secondary N) is 1. The second-order valence-corrected chi connectivity index (χ2v) is 5.40. The molecule has 4 rings (SSSR count). The minimum absolute atomic E-state index is 0.0752. The molecule has 3 nitrogen and oxygen atoms in total. The number of hydrogen-bond acceptors (Lipinski definition) is 3. The minimum Gasteiger partial charge on any atom is -0.289 e. The number of fused-ring (bicyclic) bond motifs is 1. The standard InChI is InChI=1S/C13H10O.C9H8N2/c14-13(11-7-3-1-4-8-11)12-9-5-2-6-10-12;1-2-6-9-8(4-1)5-3-7-10-11-9/h1-10H;1-7,11H. The maximum Gasteiger partial charge on any atom is 0.193 e. The summed E-state index contributed by atoms with van der Waals surface area (Å²) in [4.78, 5) is 11.8. The van der Waals surface area contributed by atoms with Crippen LogP contribution in [-0.2, 0) is 0 Å². The van der Waals surface area contributed by atoms with Crippen LogP contribution < -0.4 is 5.43 Å². The summed E-state index contributed by atoms with van der Waals surface area (Å²) >= 11 is 0. The van der Waals surface area contributed by atoms with E-state index < -0.39 is 0 Å². The van der Waals surface area contributed by atoms with Gasteiger partial charge in [-0.3, -0.25) is 10.2 Å². The van der Waals surface area contributed by atoms with E-state index in [2.05, 4.69) is 10.5 Å². The van der Waals surface area contributed by atoms with E-state index in [0.717, 1.165) is 16.8 Å². The molecule has 0 spiro atoms. The molecule has 3 heteroatoms. The van der Waals surface area contributed by atoms with Crippen LogP contribution in [0.3, 0.4) is 0 Å². The average Bonchev–Trinajstić information content (AvgIpc) is 2.95. The van der Waals surface area contributed by atoms with Crippen LogP contribution in [0.15, 0.2) is 96.1 Å². The molecule has 3 aromatic carbocycles. The van der Waals surface area contributed by atoms with Gasteiger partial charge in [0.2, 0.25) is 0 Å². The van der Waals surface area contributed by atoms with E-state index in [9.17, 15) is 4.79 Å². The number of carbonyl (C=O) groups is 1. The fourth-order valence-electron chi connectivity index (χ4n) is 2.39. The summed E-state index contributed by atoms with van der Waals surface area (Å²) in [5, 5.41) is 3.95. The lowest BCUT2D eigenvalue weighted by Gasteiger charge is -2.00. The van der Waals surface area contributed by atoms with Crippen LogP contribution in [0.2, 0.25) is 0 Å². The van der Waals surface area contributed by atoms with Crippen molar-refractivity contribution in [2.24, 2.45) is 5.10 Å². The van der Waals surface area contributed by atoms with Gasteiger partial charge in [0.05, 0.1) is 5.69 Å². The molecule has 0 unspecified atom stereocenters. The summed E-state index contributed by atoms with van der Waals surface area (Å²) < 4.78 is 0. The molecule has 1 aliphatic rings. The first-order chi connectivity index (χ1) is 12.3. The number of benzene rings is 3. The fraction of sp³-hybridized carbons (Fsp3) is 0. The van der Waals surface area contributed by atoms with Crippen LogP contribution in [0.1, 0.15) is 21.5 Å². The Kier molecular flexibility index (Phi) is 5.52. The molecule has 0 saturated heterocycles. The van der Waals surface area contributed by atoms with Crippen molar-refractivity contribution in [1.29, 1.82) is 0 Å². The number of anilines is 1. The van der Waals surface area contributed by atoms with Crippen molar-refractivity contribution < 1.29 is 4.79 Å². The number of para-hydroxylation sites is 1. The number of ketones is 1. The minimum atomic E-state index is 0.0752. The van der Waals surface area contributed by atoms with Gasteiger partial charge in [0.1, 0.15) is 0 Å². The SMILES string of the molecule is C1=Cc2ccccc2NN=C1.O=C(c1ccccc1)c1ccccc1. The Balaban J connectivity index is 0.000000150. The van der Waals surface area contributed by atoms with Gasteiger partial charge >= 0.3 is 0 Å². The molecular weight excluding hydrogens is 308 g/mol. The maximum atomic E-state index is 11.8. The highest BCUT2D eigenvalue weighted by Gasteiger charge is 2.06. The van der Waals surface area contributed by atoms with Gasteiger partial charge < -0.3 is 0 Å². The summed E-state index contributed by atoms with van der Waals surface area (Å²) in [6.45, 7) is 0. The van der Waals surface area contributed by atoms with Crippen molar-refractivity contribution in [3.8, 4) is 0 Å². The van der Waals surface area contributed by atoms with E-state index in [0.29, 0.717) is 0 Å². The Morgan fingerprint density at radius 3 is 1.92 bits per heavy atom. The van der Waals surface area contributed by atoms with Crippen molar-refractivity contribution in [1.82, 2.24) is 0 Å². The molecular formula is C22H18N2O. The van der Waals surface area contributed by atoms with E-state index >= 15 is 0 Å². The zero-order valence-electron chi connectivity index (χ0n) is 13.7. The molecule has 0 aromatic heterocycles. The second-order valence-electron chi connectivity index (χ2n) is 5.40. The summed E-state index contributed by atoms with van der Waals surface area (Å²) in [5.74, 6) is 0.0752. The summed E-state index contributed by atoms with van der Waals surface area (Å²) in [6, 6.07) is 26.7. The number of hydrazone groups is 1.